The molecule has 0 spiro atoms. The van der Waals surface area contributed by atoms with E-state index in [0.29, 0.717) is 59.1 Å². The number of carbonyl (C=O) groups is 1. The molecular formula is C22H20FN3O4. The van der Waals surface area contributed by atoms with E-state index >= 15 is 0 Å². The number of nitrogens with zero attached hydrogens (tertiary/aromatic N) is 2. The number of benzene rings is 2. The van der Waals surface area contributed by atoms with Crippen LogP contribution in [0.3, 0.4) is 0 Å². The zero-order chi connectivity index (χ0) is 20.9. The van der Waals surface area contributed by atoms with Gasteiger partial charge in [0.2, 0.25) is 5.89 Å². The summed E-state index contributed by atoms with van der Waals surface area (Å²) in [6.07, 6.45) is 2.20. The van der Waals surface area contributed by atoms with Gasteiger partial charge in [-0.15, -0.1) is 0 Å². The Bertz CT molecular complexity index is 1150. The van der Waals surface area contributed by atoms with Crippen molar-refractivity contribution in [2.75, 3.05) is 19.8 Å². The zero-order valence-corrected chi connectivity index (χ0v) is 16.4. The third-order valence-electron chi connectivity index (χ3n) is 4.53. The minimum atomic E-state index is -0.336. The first-order chi connectivity index (χ1) is 14.7. The van der Waals surface area contributed by atoms with Crippen LogP contribution in [0, 0.1) is 5.82 Å². The zero-order valence-electron chi connectivity index (χ0n) is 16.4. The molecule has 4 rings (SSSR count). The van der Waals surface area contributed by atoms with Crippen LogP contribution in [0.4, 0.5) is 4.39 Å². The van der Waals surface area contributed by atoms with Crippen molar-refractivity contribution in [3.8, 4) is 22.8 Å². The first-order valence-electron chi connectivity index (χ1n) is 9.63. The summed E-state index contributed by atoms with van der Waals surface area (Å²) >= 11 is 0. The molecule has 7 nitrogen and oxygen atoms in total. The maximum Gasteiger partial charge on any atom is 0.251 e. The minimum absolute atomic E-state index is 0.187. The van der Waals surface area contributed by atoms with Gasteiger partial charge in [-0.3, -0.25) is 4.79 Å². The second-order valence-electron chi connectivity index (χ2n) is 6.59. The molecule has 2 aromatic carbocycles. The first-order valence-corrected chi connectivity index (χ1v) is 9.63. The topological polar surface area (TPSA) is 90.4 Å². The van der Waals surface area contributed by atoms with Crippen LogP contribution in [-0.2, 0) is 4.74 Å². The molecule has 0 aliphatic rings. The molecule has 0 aliphatic heterocycles. The van der Waals surface area contributed by atoms with Crippen LogP contribution in [-0.4, -0.2) is 35.8 Å². The van der Waals surface area contributed by atoms with Crippen LogP contribution in [0.15, 0.2) is 57.7 Å². The Hall–Kier alpha value is -3.52. The fourth-order valence-corrected chi connectivity index (χ4v) is 2.99. The largest absolute Gasteiger partial charge is 0.444 e. The Morgan fingerprint density at radius 1 is 1.20 bits per heavy atom. The van der Waals surface area contributed by atoms with Crippen LogP contribution in [0.5, 0.6) is 0 Å². The molecule has 1 N–H and O–H groups in total. The van der Waals surface area contributed by atoms with Crippen LogP contribution >= 0.6 is 0 Å². The molecule has 2 aromatic heterocycles. The Balaban J connectivity index is 1.55. The third kappa shape index (κ3) is 4.23. The first kappa shape index (κ1) is 19.8. The third-order valence-corrected chi connectivity index (χ3v) is 4.53. The number of carbonyl (C=O) groups excluding carboxylic acids is 1. The van der Waals surface area contributed by atoms with Gasteiger partial charge < -0.3 is 19.0 Å². The molecule has 4 aromatic rings. The standard InChI is InChI=1S/C22H20FN3O4/c1-2-28-11-3-10-24-21(27)15-6-9-19-17(12-15)20(26-30-19)18-13-29-22(25-18)14-4-7-16(23)8-5-14/h4-9,12-13H,2-3,10-11H2,1H3,(H,24,27). The summed E-state index contributed by atoms with van der Waals surface area (Å²) in [5.41, 5.74) is 2.59. The molecule has 0 aliphatic carbocycles. The number of ether oxygens (including phenoxy) is 1. The van der Waals surface area contributed by atoms with Crippen molar-refractivity contribution in [2.24, 2.45) is 0 Å². The lowest BCUT2D eigenvalue weighted by molar-refractivity contribution is 0.0944. The van der Waals surface area contributed by atoms with Gasteiger partial charge in [0.15, 0.2) is 5.58 Å². The number of aromatic nitrogens is 2. The van der Waals surface area contributed by atoms with Crippen molar-refractivity contribution >= 4 is 16.9 Å². The van der Waals surface area contributed by atoms with Gasteiger partial charge in [-0.2, -0.15) is 0 Å². The van der Waals surface area contributed by atoms with E-state index < -0.39 is 0 Å². The van der Waals surface area contributed by atoms with Crippen molar-refractivity contribution in [1.82, 2.24) is 15.5 Å². The highest BCUT2D eigenvalue weighted by Gasteiger charge is 2.17. The van der Waals surface area contributed by atoms with E-state index in [4.69, 9.17) is 13.7 Å². The molecule has 0 fully saturated rings. The number of hydrogen-bond donors (Lipinski definition) is 1. The van der Waals surface area contributed by atoms with Crippen LogP contribution < -0.4 is 5.32 Å². The summed E-state index contributed by atoms with van der Waals surface area (Å²) in [5.74, 6) is -0.186. The van der Waals surface area contributed by atoms with Crippen molar-refractivity contribution < 1.29 is 22.9 Å². The Labute approximate surface area is 171 Å². The Morgan fingerprint density at radius 3 is 2.83 bits per heavy atom. The summed E-state index contributed by atoms with van der Waals surface area (Å²) in [6.45, 7) is 3.72. The molecule has 0 saturated heterocycles. The number of rotatable bonds is 8. The van der Waals surface area contributed by atoms with Crippen molar-refractivity contribution in [3.63, 3.8) is 0 Å². The summed E-state index contributed by atoms with van der Waals surface area (Å²) in [4.78, 5) is 16.9. The highest BCUT2D eigenvalue weighted by molar-refractivity contribution is 6.00. The van der Waals surface area contributed by atoms with Gasteiger partial charge in [0.25, 0.3) is 5.91 Å². The fraction of sp³-hybridized carbons (Fsp3) is 0.227. The van der Waals surface area contributed by atoms with Crippen molar-refractivity contribution in [1.29, 1.82) is 0 Å². The summed E-state index contributed by atoms with van der Waals surface area (Å²) in [5, 5.41) is 7.60. The van der Waals surface area contributed by atoms with Crippen LogP contribution in [0.2, 0.25) is 0 Å². The minimum Gasteiger partial charge on any atom is -0.444 e. The predicted molar refractivity (Wildman–Crippen MR) is 108 cm³/mol. The smallest absolute Gasteiger partial charge is 0.251 e. The van der Waals surface area contributed by atoms with E-state index in [2.05, 4.69) is 15.5 Å². The summed E-state index contributed by atoms with van der Waals surface area (Å²) in [6, 6.07) is 10.9. The molecule has 8 heteroatoms. The average Bonchev–Trinajstić information content (AvgIpc) is 3.40. The SMILES string of the molecule is CCOCCCNC(=O)c1ccc2onc(-c3coc(-c4ccc(F)cc4)n3)c2c1. The predicted octanol–water partition coefficient (Wildman–Crippen LogP) is 4.45. The molecule has 2 heterocycles. The molecule has 30 heavy (non-hydrogen) atoms. The maximum atomic E-state index is 13.1. The molecule has 154 valence electrons. The van der Waals surface area contributed by atoms with Gasteiger partial charge in [-0.1, -0.05) is 5.16 Å². The Morgan fingerprint density at radius 2 is 2.03 bits per heavy atom. The highest BCUT2D eigenvalue weighted by atomic mass is 19.1. The summed E-state index contributed by atoms with van der Waals surface area (Å²) < 4.78 is 29.3. The lowest BCUT2D eigenvalue weighted by atomic mass is 10.1. The molecule has 1 amide bonds. The van der Waals surface area contributed by atoms with E-state index in [1.54, 1.807) is 30.3 Å². The van der Waals surface area contributed by atoms with E-state index in [0.717, 1.165) is 6.42 Å². The Kier molecular flexibility index (Phi) is 5.85. The normalized spacial score (nSPS) is 11.1. The summed E-state index contributed by atoms with van der Waals surface area (Å²) in [7, 11) is 0. The molecule has 0 bridgehead atoms. The van der Waals surface area contributed by atoms with Crippen molar-refractivity contribution in [2.45, 2.75) is 13.3 Å². The van der Waals surface area contributed by atoms with Crippen LogP contribution in [0.25, 0.3) is 33.8 Å². The second-order valence-corrected chi connectivity index (χ2v) is 6.59. The fourth-order valence-electron chi connectivity index (χ4n) is 2.99. The number of nitrogens with one attached hydrogen (secondary N) is 1. The van der Waals surface area contributed by atoms with Crippen molar-refractivity contribution in [3.05, 3.63) is 60.1 Å². The number of halogens is 1. The van der Waals surface area contributed by atoms with E-state index in [9.17, 15) is 9.18 Å². The number of oxazole rings is 1. The van der Waals surface area contributed by atoms with E-state index in [-0.39, 0.29) is 11.7 Å². The quantitative estimate of drug-likeness (QED) is 0.433. The van der Waals surface area contributed by atoms with Gasteiger partial charge in [0.05, 0.1) is 5.39 Å². The molecule has 0 atom stereocenters. The number of amides is 1. The molecule has 0 unspecified atom stereocenters. The van der Waals surface area contributed by atoms with E-state index in [1.165, 1.54) is 18.4 Å². The molecular weight excluding hydrogens is 389 g/mol. The highest BCUT2D eigenvalue weighted by Crippen LogP contribution is 2.30. The average molecular weight is 409 g/mol. The second kappa shape index (κ2) is 8.87. The lowest BCUT2D eigenvalue weighted by Gasteiger charge is -2.05. The lowest BCUT2D eigenvalue weighted by Crippen LogP contribution is -2.25. The maximum absolute atomic E-state index is 13.1. The van der Waals surface area contributed by atoms with Gasteiger partial charge in [0, 0.05) is 30.9 Å². The molecule has 0 saturated carbocycles. The monoisotopic (exact) mass is 409 g/mol. The van der Waals surface area contributed by atoms with Gasteiger partial charge >= 0.3 is 0 Å². The number of hydrogen-bond acceptors (Lipinski definition) is 6. The number of fused-ring (bicyclic) bond motifs is 1. The van der Waals surface area contributed by atoms with Crippen LogP contribution in [0.1, 0.15) is 23.7 Å². The van der Waals surface area contributed by atoms with Gasteiger partial charge in [-0.25, -0.2) is 9.37 Å². The van der Waals surface area contributed by atoms with Gasteiger partial charge in [-0.05, 0) is 55.8 Å². The van der Waals surface area contributed by atoms with E-state index in [1.807, 2.05) is 6.92 Å². The molecule has 0 radical (unpaired) electrons. The van der Waals surface area contributed by atoms with Gasteiger partial charge in [0.1, 0.15) is 23.5 Å².